The Balaban J connectivity index is 2.30. The summed E-state index contributed by atoms with van der Waals surface area (Å²) in [5.74, 6) is -1.27. The average Bonchev–Trinajstić information content (AvgIpc) is 2.98. The summed E-state index contributed by atoms with van der Waals surface area (Å²) in [4.78, 5) is 9.88. The highest BCUT2D eigenvalue weighted by Crippen LogP contribution is 2.40. The minimum absolute atomic E-state index is 0.0386. The molecule has 2 heterocycles. The molecule has 1 atom stereocenters. The Morgan fingerprint density at radius 1 is 1.30 bits per heavy atom. The first-order valence-electron chi connectivity index (χ1n) is 6.60. The molecule has 0 unspecified atom stereocenters. The van der Waals surface area contributed by atoms with Gasteiger partial charge in [0, 0.05) is 0 Å². The summed E-state index contributed by atoms with van der Waals surface area (Å²) in [6, 6.07) is -0.0386. The normalized spacial score (nSPS) is 18.0. The smallest absolute Gasteiger partial charge is 0.225 e. The van der Waals surface area contributed by atoms with Gasteiger partial charge >= 0.3 is 0 Å². The summed E-state index contributed by atoms with van der Waals surface area (Å²) in [5, 5.41) is 0.0909. The number of fused-ring (bicyclic) bond motifs is 1. The van der Waals surface area contributed by atoms with Crippen molar-refractivity contribution in [2.24, 2.45) is 0 Å². The van der Waals surface area contributed by atoms with Gasteiger partial charge in [-0.05, 0) is 49.9 Å². The lowest BCUT2D eigenvalue weighted by Gasteiger charge is -2.24. The molecule has 122 valence electrons. The second-order valence-corrected chi connectivity index (χ2v) is 6.87. The molecular formula is C14H10Br2ClF2N3O. The molecule has 1 aromatic heterocycles. The van der Waals surface area contributed by atoms with Crippen molar-refractivity contribution in [3.8, 4) is 0 Å². The molecule has 0 aliphatic carbocycles. The van der Waals surface area contributed by atoms with Crippen molar-refractivity contribution < 1.29 is 13.5 Å². The Kier molecular flexibility index (Phi) is 4.87. The first-order chi connectivity index (χ1) is 11.0. The maximum atomic E-state index is 14.4. The number of hydrogen-bond donors (Lipinski definition) is 0. The molecule has 23 heavy (non-hydrogen) atoms. The van der Waals surface area contributed by atoms with Gasteiger partial charge in [-0.25, -0.2) is 13.8 Å². The molecule has 0 N–H and O–H groups in total. The molecule has 0 radical (unpaired) electrons. The van der Waals surface area contributed by atoms with Crippen molar-refractivity contribution in [3.63, 3.8) is 0 Å². The standard InChI is InChI=1S/C14H10Br2ClF2N3O/c1-2-3-6-4-23-5-22(6)13-7-8(15)10(18)9(16)11(19)12(7)20-14(17)21-13/h2,6H,1,3-5H2/t6-/m1/s1. The molecule has 0 bridgehead atoms. The Morgan fingerprint density at radius 3 is 2.74 bits per heavy atom. The highest BCUT2D eigenvalue weighted by Gasteiger charge is 2.30. The van der Waals surface area contributed by atoms with E-state index in [0.29, 0.717) is 18.8 Å². The summed E-state index contributed by atoms with van der Waals surface area (Å²) >= 11 is 12.0. The summed E-state index contributed by atoms with van der Waals surface area (Å²) in [6.07, 6.45) is 2.40. The van der Waals surface area contributed by atoms with Crippen molar-refractivity contribution in [2.75, 3.05) is 18.2 Å². The van der Waals surface area contributed by atoms with E-state index >= 15 is 0 Å². The number of benzene rings is 1. The van der Waals surface area contributed by atoms with Gasteiger partial charge in [0.25, 0.3) is 0 Å². The predicted molar refractivity (Wildman–Crippen MR) is 91.8 cm³/mol. The first kappa shape index (κ1) is 17.0. The van der Waals surface area contributed by atoms with E-state index in [-0.39, 0.29) is 37.9 Å². The highest BCUT2D eigenvalue weighted by atomic mass is 79.9. The third-order valence-corrected chi connectivity index (χ3v) is 5.17. The van der Waals surface area contributed by atoms with Gasteiger partial charge in [-0.15, -0.1) is 6.58 Å². The van der Waals surface area contributed by atoms with E-state index in [4.69, 9.17) is 16.3 Å². The zero-order valence-corrected chi connectivity index (χ0v) is 15.6. The number of halogens is 5. The van der Waals surface area contributed by atoms with Gasteiger partial charge in [0.2, 0.25) is 5.28 Å². The van der Waals surface area contributed by atoms with E-state index in [1.54, 1.807) is 11.0 Å². The maximum absolute atomic E-state index is 14.4. The van der Waals surface area contributed by atoms with Gasteiger partial charge in [-0.2, -0.15) is 4.98 Å². The van der Waals surface area contributed by atoms with Crippen LogP contribution in [0.1, 0.15) is 6.42 Å². The minimum atomic E-state index is -0.827. The van der Waals surface area contributed by atoms with Gasteiger partial charge in [0.15, 0.2) is 11.6 Å². The summed E-state index contributed by atoms with van der Waals surface area (Å²) in [5.41, 5.74) is -0.0654. The van der Waals surface area contributed by atoms with Crippen LogP contribution < -0.4 is 4.90 Å². The van der Waals surface area contributed by atoms with Crippen LogP contribution in [0.3, 0.4) is 0 Å². The number of aromatic nitrogens is 2. The topological polar surface area (TPSA) is 38.2 Å². The molecule has 0 spiro atoms. The van der Waals surface area contributed by atoms with Crippen molar-refractivity contribution in [1.82, 2.24) is 9.97 Å². The fourth-order valence-electron chi connectivity index (χ4n) is 2.50. The fourth-order valence-corrected chi connectivity index (χ4v) is 3.88. The lowest BCUT2D eigenvalue weighted by atomic mass is 10.1. The second-order valence-electron chi connectivity index (χ2n) is 4.94. The quantitative estimate of drug-likeness (QED) is 0.280. The van der Waals surface area contributed by atoms with Crippen molar-refractivity contribution in [1.29, 1.82) is 0 Å². The molecule has 3 rings (SSSR count). The number of ether oxygens (including phenoxy) is 1. The zero-order chi connectivity index (χ0) is 16.7. The van der Waals surface area contributed by atoms with E-state index in [1.165, 1.54) is 0 Å². The molecule has 2 aromatic rings. The molecule has 4 nitrogen and oxygen atoms in total. The van der Waals surface area contributed by atoms with Gasteiger partial charge in [0.1, 0.15) is 18.1 Å². The molecule has 0 saturated carbocycles. The molecule has 9 heteroatoms. The monoisotopic (exact) mass is 467 g/mol. The van der Waals surface area contributed by atoms with Crippen molar-refractivity contribution in [3.05, 3.63) is 38.5 Å². The number of hydrogen-bond acceptors (Lipinski definition) is 4. The average molecular weight is 470 g/mol. The number of rotatable bonds is 3. The first-order valence-corrected chi connectivity index (χ1v) is 8.56. The maximum Gasteiger partial charge on any atom is 0.225 e. The van der Waals surface area contributed by atoms with Crippen LogP contribution in [0.2, 0.25) is 5.28 Å². The zero-order valence-electron chi connectivity index (χ0n) is 11.6. The van der Waals surface area contributed by atoms with Gasteiger partial charge in [-0.1, -0.05) is 6.08 Å². The molecule has 0 amide bonds. The molecular weight excluding hydrogens is 459 g/mol. The van der Waals surface area contributed by atoms with Crippen LogP contribution in [-0.2, 0) is 4.74 Å². The third-order valence-electron chi connectivity index (χ3n) is 3.56. The van der Waals surface area contributed by atoms with Gasteiger partial charge in [-0.3, -0.25) is 0 Å². The van der Waals surface area contributed by atoms with E-state index in [2.05, 4.69) is 48.4 Å². The van der Waals surface area contributed by atoms with Crippen LogP contribution in [0.25, 0.3) is 10.9 Å². The van der Waals surface area contributed by atoms with Crippen LogP contribution in [0.4, 0.5) is 14.6 Å². The number of nitrogens with zero attached hydrogens (tertiary/aromatic N) is 3. The lowest BCUT2D eigenvalue weighted by molar-refractivity contribution is 0.194. The van der Waals surface area contributed by atoms with Crippen molar-refractivity contribution >= 4 is 60.2 Å². The van der Waals surface area contributed by atoms with Crippen LogP contribution in [0.5, 0.6) is 0 Å². The van der Waals surface area contributed by atoms with E-state index < -0.39 is 11.6 Å². The highest BCUT2D eigenvalue weighted by molar-refractivity contribution is 9.11. The summed E-state index contributed by atoms with van der Waals surface area (Å²) < 4.78 is 33.9. The van der Waals surface area contributed by atoms with Gasteiger partial charge in [0.05, 0.1) is 27.0 Å². The Labute approximate surface area is 152 Å². The molecule has 1 aliphatic rings. The van der Waals surface area contributed by atoms with E-state index in [9.17, 15) is 8.78 Å². The second kappa shape index (κ2) is 6.58. The van der Waals surface area contributed by atoms with Crippen molar-refractivity contribution in [2.45, 2.75) is 12.5 Å². The fraction of sp³-hybridized carbons (Fsp3) is 0.286. The largest absolute Gasteiger partial charge is 0.359 e. The lowest BCUT2D eigenvalue weighted by Crippen LogP contribution is -2.31. The Morgan fingerprint density at radius 2 is 2.04 bits per heavy atom. The number of anilines is 1. The molecule has 1 fully saturated rings. The third kappa shape index (κ3) is 2.86. The van der Waals surface area contributed by atoms with Gasteiger partial charge < -0.3 is 9.64 Å². The summed E-state index contributed by atoms with van der Waals surface area (Å²) in [7, 11) is 0. The van der Waals surface area contributed by atoms with E-state index in [1.807, 2.05) is 0 Å². The van der Waals surface area contributed by atoms with Crippen LogP contribution in [-0.4, -0.2) is 29.3 Å². The van der Waals surface area contributed by atoms with Crippen LogP contribution >= 0.6 is 43.5 Å². The summed E-state index contributed by atoms with van der Waals surface area (Å²) in [6.45, 7) is 4.42. The van der Waals surface area contributed by atoms with Crippen LogP contribution in [0.15, 0.2) is 21.6 Å². The molecule has 1 aliphatic heterocycles. The predicted octanol–water partition coefficient (Wildman–Crippen LogP) is 4.83. The molecule has 1 saturated heterocycles. The van der Waals surface area contributed by atoms with Crippen LogP contribution in [0, 0.1) is 11.6 Å². The Hall–Kier alpha value is -0.830. The SMILES string of the molecule is C=CC[C@@H]1COCN1c1nc(Cl)nc2c(F)c(Br)c(F)c(Br)c12. The van der Waals surface area contributed by atoms with E-state index in [0.717, 1.165) is 0 Å². The molecule has 1 aromatic carbocycles. The minimum Gasteiger partial charge on any atom is -0.359 e. The Bertz CT molecular complexity index is 806.